The Bertz CT molecular complexity index is 710. The number of aliphatic hydroxyl groups excluding tert-OH is 1. The highest BCUT2D eigenvalue weighted by Crippen LogP contribution is 2.33. The molecule has 4 nitrogen and oxygen atoms in total. The lowest BCUT2D eigenvalue weighted by Crippen LogP contribution is -2.36. The zero-order valence-corrected chi connectivity index (χ0v) is 14.7. The van der Waals surface area contributed by atoms with Crippen LogP contribution in [0.3, 0.4) is 0 Å². The zero-order chi connectivity index (χ0) is 17.2. The van der Waals surface area contributed by atoms with Crippen LogP contribution in [0.2, 0.25) is 0 Å². The summed E-state index contributed by atoms with van der Waals surface area (Å²) >= 11 is 0. The lowest BCUT2D eigenvalue weighted by atomic mass is 10.0. The van der Waals surface area contributed by atoms with Gasteiger partial charge in [-0.15, -0.1) is 0 Å². The fraction of sp³-hybridized carbons (Fsp3) is 0.429. The molecule has 1 aliphatic heterocycles. The van der Waals surface area contributed by atoms with Crippen LogP contribution in [-0.4, -0.2) is 37.5 Å². The number of benzene rings is 2. The molecule has 0 amide bonds. The van der Waals surface area contributed by atoms with Gasteiger partial charge in [0, 0.05) is 31.2 Å². The number of aliphatic hydroxyl groups is 1. The number of fused-ring (bicyclic) bond motifs is 1. The maximum atomic E-state index is 10.4. The van der Waals surface area contributed by atoms with Crippen molar-refractivity contribution in [2.24, 2.45) is 0 Å². The molecule has 0 spiro atoms. The second-order valence-electron chi connectivity index (χ2n) is 7.03. The molecule has 4 rings (SSSR count). The predicted molar refractivity (Wildman–Crippen MR) is 99.9 cm³/mol. The topological polar surface area (TPSA) is 44.7 Å². The normalized spacial score (nSPS) is 24.2. The number of rotatable bonds is 4. The van der Waals surface area contributed by atoms with Gasteiger partial charge in [0.2, 0.25) is 0 Å². The highest BCUT2D eigenvalue weighted by atomic mass is 16.5. The van der Waals surface area contributed by atoms with Crippen molar-refractivity contribution in [1.82, 2.24) is 5.32 Å². The van der Waals surface area contributed by atoms with Crippen molar-refractivity contribution in [3.05, 3.63) is 65.2 Å². The standard InChI is InChI=1S/C21H26N2O2/c1-15(22-21-19-5-3-2-4-17(19)14-20(21)24)16-6-8-18(9-7-16)23-10-12-25-13-11-23/h2-9,15,20-22,24H,10-14H2,1H3. The molecule has 25 heavy (non-hydrogen) atoms. The minimum absolute atomic E-state index is 0.00474. The number of anilines is 1. The summed E-state index contributed by atoms with van der Waals surface area (Å²) in [5.74, 6) is 0. The summed E-state index contributed by atoms with van der Waals surface area (Å²) in [7, 11) is 0. The average molecular weight is 338 g/mol. The lowest BCUT2D eigenvalue weighted by molar-refractivity contribution is 0.122. The Labute approximate surface area is 149 Å². The Morgan fingerprint density at radius 1 is 1.08 bits per heavy atom. The van der Waals surface area contributed by atoms with E-state index < -0.39 is 0 Å². The van der Waals surface area contributed by atoms with Gasteiger partial charge in [-0.3, -0.25) is 0 Å². The number of nitrogens with one attached hydrogen (secondary N) is 1. The van der Waals surface area contributed by atoms with E-state index >= 15 is 0 Å². The first kappa shape index (κ1) is 16.6. The van der Waals surface area contributed by atoms with Gasteiger partial charge in [0.05, 0.1) is 25.4 Å². The summed E-state index contributed by atoms with van der Waals surface area (Å²) in [6.07, 6.45) is 0.378. The molecule has 1 aliphatic carbocycles. The van der Waals surface area contributed by atoms with Crippen LogP contribution in [0, 0.1) is 0 Å². The maximum absolute atomic E-state index is 10.4. The van der Waals surface area contributed by atoms with Gasteiger partial charge < -0.3 is 20.1 Å². The average Bonchev–Trinajstić information content (AvgIpc) is 2.98. The fourth-order valence-corrected chi connectivity index (χ4v) is 3.94. The van der Waals surface area contributed by atoms with Crippen LogP contribution in [0.15, 0.2) is 48.5 Å². The number of ether oxygens (including phenoxy) is 1. The van der Waals surface area contributed by atoms with Crippen LogP contribution in [0.1, 0.15) is 35.7 Å². The first-order valence-electron chi connectivity index (χ1n) is 9.17. The van der Waals surface area contributed by atoms with Crippen LogP contribution >= 0.6 is 0 Å². The van der Waals surface area contributed by atoms with Crippen LogP contribution in [0.5, 0.6) is 0 Å². The van der Waals surface area contributed by atoms with Crippen molar-refractivity contribution in [3.8, 4) is 0 Å². The molecular formula is C21H26N2O2. The van der Waals surface area contributed by atoms with Crippen LogP contribution in [0.4, 0.5) is 5.69 Å². The van der Waals surface area contributed by atoms with Crippen LogP contribution in [0.25, 0.3) is 0 Å². The molecule has 2 aromatic rings. The van der Waals surface area contributed by atoms with E-state index in [4.69, 9.17) is 4.74 Å². The van der Waals surface area contributed by atoms with Crippen molar-refractivity contribution >= 4 is 5.69 Å². The summed E-state index contributed by atoms with van der Waals surface area (Å²) in [6.45, 7) is 5.69. The third-order valence-electron chi connectivity index (χ3n) is 5.40. The van der Waals surface area contributed by atoms with Gasteiger partial charge in [0.25, 0.3) is 0 Å². The Hall–Kier alpha value is -1.88. The summed E-state index contributed by atoms with van der Waals surface area (Å²) in [5, 5.41) is 14.1. The molecule has 1 heterocycles. The summed E-state index contributed by atoms with van der Waals surface area (Å²) in [6, 6.07) is 17.3. The van der Waals surface area contributed by atoms with Crippen molar-refractivity contribution < 1.29 is 9.84 Å². The Kier molecular flexibility index (Phi) is 4.75. The Balaban J connectivity index is 1.45. The highest BCUT2D eigenvalue weighted by Gasteiger charge is 2.31. The van der Waals surface area contributed by atoms with Gasteiger partial charge in [-0.25, -0.2) is 0 Å². The second-order valence-corrected chi connectivity index (χ2v) is 7.03. The SMILES string of the molecule is CC(NC1c2ccccc2CC1O)c1ccc(N2CCOCC2)cc1. The van der Waals surface area contributed by atoms with Crippen molar-refractivity contribution in [2.75, 3.05) is 31.2 Å². The molecular weight excluding hydrogens is 312 g/mol. The molecule has 2 aromatic carbocycles. The van der Waals surface area contributed by atoms with E-state index in [1.54, 1.807) is 0 Å². The third kappa shape index (κ3) is 3.43. The Morgan fingerprint density at radius 3 is 2.56 bits per heavy atom. The molecule has 0 bridgehead atoms. The van der Waals surface area contributed by atoms with Gasteiger partial charge in [0.15, 0.2) is 0 Å². The summed E-state index contributed by atoms with van der Waals surface area (Å²) < 4.78 is 5.42. The number of hydrogen-bond donors (Lipinski definition) is 2. The van der Waals surface area contributed by atoms with Crippen LogP contribution in [-0.2, 0) is 11.2 Å². The minimum atomic E-state index is -0.354. The van der Waals surface area contributed by atoms with Crippen LogP contribution < -0.4 is 10.2 Å². The second kappa shape index (κ2) is 7.16. The predicted octanol–water partition coefficient (Wildman–Crippen LogP) is 2.83. The molecule has 1 saturated heterocycles. The zero-order valence-electron chi connectivity index (χ0n) is 14.7. The first-order chi connectivity index (χ1) is 12.2. The monoisotopic (exact) mass is 338 g/mol. The molecule has 0 aromatic heterocycles. The summed E-state index contributed by atoms with van der Waals surface area (Å²) in [5.41, 5.74) is 4.98. The van der Waals surface area contributed by atoms with Gasteiger partial charge in [-0.2, -0.15) is 0 Å². The smallest absolute Gasteiger partial charge is 0.0775 e. The molecule has 1 fully saturated rings. The molecule has 132 valence electrons. The number of morpholine rings is 1. The molecule has 3 atom stereocenters. The number of nitrogens with zero attached hydrogens (tertiary/aromatic N) is 1. The summed E-state index contributed by atoms with van der Waals surface area (Å²) in [4.78, 5) is 2.36. The minimum Gasteiger partial charge on any atom is -0.391 e. The maximum Gasteiger partial charge on any atom is 0.0775 e. The van der Waals surface area contributed by atoms with Crippen molar-refractivity contribution in [2.45, 2.75) is 31.5 Å². The van der Waals surface area contributed by atoms with E-state index in [1.165, 1.54) is 22.4 Å². The van der Waals surface area contributed by atoms with E-state index in [1.807, 2.05) is 12.1 Å². The van der Waals surface area contributed by atoms with Crippen molar-refractivity contribution in [1.29, 1.82) is 0 Å². The van der Waals surface area contributed by atoms with Crippen molar-refractivity contribution in [3.63, 3.8) is 0 Å². The quantitative estimate of drug-likeness (QED) is 0.900. The molecule has 2 N–H and O–H groups in total. The largest absolute Gasteiger partial charge is 0.391 e. The van der Waals surface area contributed by atoms with Gasteiger partial charge in [-0.05, 0) is 35.7 Å². The van der Waals surface area contributed by atoms with Gasteiger partial charge >= 0.3 is 0 Å². The van der Waals surface area contributed by atoms with Gasteiger partial charge in [0.1, 0.15) is 0 Å². The molecule has 3 unspecified atom stereocenters. The van der Waals surface area contributed by atoms with E-state index in [2.05, 4.69) is 53.5 Å². The molecule has 0 saturated carbocycles. The first-order valence-corrected chi connectivity index (χ1v) is 9.17. The van der Waals surface area contributed by atoms with E-state index in [0.717, 1.165) is 32.7 Å². The van der Waals surface area contributed by atoms with E-state index in [0.29, 0.717) is 0 Å². The van der Waals surface area contributed by atoms with Gasteiger partial charge in [-0.1, -0.05) is 36.4 Å². The van der Waals surface area contributed by atoms with E-state index in [9.17, 15) is 5.11 Å². The molecule has 2 aliphatic rings. The third-order valence-corrected chi connectivity index (χ3v) is 5.40. The highest BCUT2D eigenvalue weighted by molar-refractivity contribution is 5.48. The lowest BCUT2D eigenvalue weighted by Gasteiger charge is -2.29. The molecule has 4 heteroatoms. The Morgan fingerprint density at radius 2 is 1.80 bits per heavy atom. The number of hydrogen-bond acceptors (Lipinski definition) is 4. The van der Waals surface area contributed by atoms with E-state index in [-0.39, 0.29) is 18.2 Å². The molecule has 0 radical (unpaired) electrons. The fourth-order valence-electron chi connectivity index (χ4n) is 3.94.